The molecule has 0 spiro atoms. The summed E-state index contributed by atoms with van der Waals surface area (Å²) in [5, 5.41) is 0. The fraction of sp³-hybridized carbons (Fsp3) is 0.250. The standard InChI is InChI=1S/C12H14N2O/c1-10-7-13-9-14(10)8-11-5-3-4-6-12(11)15-2/h3-7,9H,8H2,1-2H3. The summed E-state index contributed by atoms with van der Waals surface area (Å²) in [5.74, 6) is 0.922. The van der Waals surface area contributed by atoms with Gasteiger partial charge >= 0.3 is 0 Å². The molecule has 0 saturated carbocycles. The van der Waals surface area contributed by atoms with Crippen LogP contribution in [0.2, 0.25) is 0 Å². The average Bonchev–Trinajstić information content (AvgIpc) is 2.65. The zero-order valence-corrected chi connectivity index (χ0v) is 8.97. The van der Waals surface area contributed by atoms with Crippen LogP contribution in [0, 0.1) is 6.92 Å². The summed E-state index contributed by atoms with van der Waals surface area (Å²) in [4.78, 5) is 4.10. The van der Waals surface area contributed by atoms with Crippen molar-refractivity contribution in [2.24, 2.45) is 0 Å². The third-order valence-corrected chi connectivity index (χ3v) is 2.45. The molecular formula is C12H14N2O. The number of rotatable bonds is 3. The number of benzene rings is 1. The number of aryl methyl sites for hydroxylation is 1. The molecule has 0 fully saturated rings. The van der Waals surface area contributed by atoms with Crippen molar-refractivity contribution in [1.29, 1.82) is 0 Å². The van der Waals surface area contributed by atoms with Crippen molar-refractivity contribution in [3.8, 4) is 5.75 Å². The second kappa shape index (κ2) is 4.17. The second-order valence-electron chi connectivity index (χ2n) is 3.47. The Morgan fingerprint density at radius 1 is 1.33 bits per heavy atom. The molecule has 0 saturated heterocycles. The fourth-order valence-corrected chi connectivity index (χ4v) is 1.57. The Labute approximate surface area is 89.3 Å². The average molecular weight is 202 g/mol. The molecule has 2 aromatic rings. The Kier molecular flexibility index (Phi) is 2.72. The molecule has 0 atom stereocenters. The fourth-order valence-electron chi connectivity index (χ4n) is 1.57. The van der Waals surface area contributed by atoms with Crippen molar-refractivity contribution in [3.05, 3.63) is 48.0 Å². The van der Waals surface area contributed by atoms with Gasteiger partial charge in [0.15, 0.2) is 0 Å². The van der Waals surface area contributed by atoms with E-state index in [0.717, 1.165) is 18.0 Å². The minimum Gasteiger partial charge on any atom is -0.496 e. The summed E-state index contributed by atoms with van der Waals surface area (Å²) in [6.45, 7) is 2.85. The number of ether oxygens (including phenoxy) is 1. The van der Waals surface area contributed by atoms with Crippen molar-refractivity contribution < 1.29 is 4.74 Å². The zero-order chi connectivity index (χ0) is 10.7. The van der Waals surface area contributed by atoms with Gasteiger partial charge in [-0.3, -0.25) is 0 Å². The molecule has 0 amide bonds. The molecular weight excluding hydrogens is 188 g/mol. The first-order chi connectivity index (χ1) is 7.31. The molecule has 3 heteroatoms. The van der Waals surface area contributed by atoms with Crippen LogP contribution in [0.3, 0.4) is 0 Å². The van der Waals surface area contributed by atoms with E-state index in [2.05, 4.69) is 15.6 Å². The maximum Gasteiger partial charge on any atom is 0.123 e. The van der Waals surface area contributed by atoms with E-state index in [4.69, 9.17) is 4.74 Å². The van der Waals surface area contributed by atoms with Gasteiger partial charge in [-0.1, -0.05) is 18.2 Å². The highest BCUT2D eigenvalue weighted by atomic mass is 16.5. The number of hydrogen-bond acceptors (Lipinski definition) is 2. The van der Waals surface area contributed by atoms with Crippen LogP contribution >= 0.6 is 0 Å². The van der Waals surface area contributed by atoms with E-state index in [9.17, 15) is 0 Å². The minimum absolute atomic E-state index is 0.801. The van der Waals surface area contributed by atoms with E-state index in [0.29, 0.717) is 0 Å². The molecule has 0 aliphatic carbocycles. The molecule has 0 bridgehead atoms. The quantitative estimate of drug-likeness (QED) is 0.763. The van der Waals surface area contributed by atoms with Crippen LogP contribution in [0.4, 0.5) is 0 Å². The van der Waals surface area contributed by atoms with Gasteiger partial charge in [0.05, 0.1) is 20.0 Å². The first kappa shape index (κ1) is 9.77. The van der Waals surface area contributed by atoms with Gasteiger partial charge in [0, 0.05) is 17.5 Å². The molecule has 2 rings (SSSR count). The topological polar surface area (TPSA) is 27.1 Å². The lowest BCUT2D eigenvalue weighted by Crippen LogP contribution is -2.01. The maximum atomic E-state index is 5.30. The molecule has 0 aliphatic rings. The summed E-state index contributed by atoms with van der Waals surface area (Å²) in [7, 11) is 1.69. The Bertz CT molecular complexity index is 448. The molecule has 15 heavy (non-hydrogen) atoms. The Hall–Kier alpha value is -1.77. The molecule has 1 heterocycles. The molecule has 0 unspecified atom stereocenters. The van der Waals surface area contributed by atoms with E-state index in [1.165, 1.54) is 5.56 Å². The Morgan fingerprint density at radius 2 is 2.13 bits per heavy atom. The normalized spacial score (nSPS) is 10.3. The molecule has 0 aliphatic heterocycles. The van der Waals surface area contributed by atoms with Crippen molar-refractivity contribution in [2.45, 2.75) is 13.5 Å². The van der Waals surface area contributed by atoms with Gasteiger partial charge in [-0.25, -0.2) is 4.98 Å². The van der Waals surface area contributed by atoms with E-state index < -0.39 is 0 Å². The second-order valence-corrected chi connectivity index (χ2v) is 3.47. The van der Waals surface area contributed by atoms with Crippen LogP contribution in [0.25, 0.3) is 0 Å². The van der Waals surface area contributed by atoms with Crippen molar-refractivity contribution in [2.75, 3.05) is 7.11 Å². The zero-order valence-electron chi connectivity index (χ0n) is 8.97. The summed E-state index contributed by atoms with van der Waals surface area (Å²) < 4.78 is 7.40. The van der Waals surface area contributed by atoms with E-state index in [1.807, 2.05) is 37.6 Å². The van der Waals surface area contributed by atoms with Gasteiger partial charge in [0.1, 0.15) is 5.75 Å². The Morgan fingerprint density at radius 3 is 2.80 bits per heavy atom. The summed E-state index contributed by atoms with van der Waals surface area (Å²) >= 11 is 0. The van der Waals surface area contributed by atoms with Gasteiger partial charge in [-0.05, 0) is 13.0 Å². The molecule has 3 nitrogen and oxygen atoms in total. The summed E-state index contributed by atoms with van der Waals surface area (Å²) in [6.07, 6.45) is 3.69. The van der Waals surface area contributed by atoms with Crippen molar-refractivity contribution in [1.82, 2.24) is 9.55 Å². The number of imidazole rings is 1. The lowest BCUT2D eigenvalue weighted by molar-refractivity contribution is 0.408. The number of methoxy groups -OCH3 is 1. The van der Waals surface area contributed by atoms with Gasteiger partial charge in [-0.2, -0.15) is 0 Å². The number of hydrogen-bond donors (Lipinski definition) is 0. The van der Waals surface area contributed by atoms with Crippen LogP contribution in [0.15, 0.2) is 36.8 Å². The summed E-state index contributed by atoms with van der Waals surface area (Å²) in [5.41, 5.74) is 2.32. The molecule has 0 N–H and O–H groups in total. The highest BCUT2D eigenvalue weighted by Gasteiger charge is 2.03. The first-order valence-electron chi connectivity index (χ1n) is 4.90. The van der Waals surface area contributed by atoms with Crippen LogP contribution in [0.1, 0.15) is 11.3 Å². The van der Waals surface area contributed by atoms with Gasteiger partial charge in [-0.15, -0.1) is 0 Å². The van der Waals surface area contributed by atoms with E-state index >= 15 is 0 Å². The summed E-state index contributed by atoms with van der Waals surface area (Å²) in [6, 6.07) is 8.03. The van der Waals surface area contributed by atoms with Gasteiger partial charge < -0.3 is 9.30 Å². The maximum absolute atomic E-state index is 5.30. The third kappa shape index (κ3) is 2.01. The number of nitrogens with zero attached hydrogens (tertiary/aromatic N) is 2. The van der Waals surface area contributed by atoms with Gasteiger partial charge in [0.2, 0.25) is 0 Å². The molecule has 78 valence electrons. The monoisotopic (exact) mass is 202 g/mol. The highest BCUT2D eigenvalue weighted by Crippen LogP contribution is 2.18. The molecule has 0 radical (unpaired) electrons. The van der Waals surface area contributed by atoms with Crippen molar-refractivity contribution >= 4 is 0 Å². The number of para-hydroxylation sites is 1. The van der Waals surface area contributed by atoms with E-state index in [-0.39, 0.29) is 0 Å². The van der Waals surface area contributed by atoms with Crippen LogP contribution in [-0.4, -0.2) is 16.7 Å². The van der Waals surface area contributed by atoms with Crippen LogP contribution in [-0.2, 0) is 6.54 Å². The largest absolute Gasteiger partial charge is 0.496 e. The number of aromatic nitrogens is 2. The molecule has 1 aromatic heterocycles. The van der Waals surface area contributed by atoms with Crippen LogP contribution in [0.5, 0.6) is 5.75 Å². The van der Waals surface area contributed by atoms with Gasteiger partial charge in [0.25, 0.3) is 0 Å². The predicted octanol–water partition coefficient (Wildman–Crippen LogP) is 2.25. The SMILES string of the molecule is COc1ccccc1Cn1cncc1C. The minimum atomic E-state index is 0.801. The lowest BCUT2D eigenvalue weighted by Gasteiger charge is -2.09. The first-order valence-corrected chi connectivity index (χ1v) is 4.90. The highest BCUT2D eigenvalue weighted by molar-refractivity contribution is 5.33. The third-order valence-electron chi connectivity index (χ3n) is 2.45. The predicted molar refractivity (Wildman–Crippen MR) is 59.1 cm³/mol. The smallest absolute Gasteiger partial charge is 0.123 e. The van der Waals surface area contributed by atoms with Crippen LogP contribution < -0.4 is 4.74 Å². The molecule has 1 aromatic carbocycles. The van der Waals surface area contributed by atoms with Crippen molar-refractivity contribution in [3.63, 3.8) is 0 Å². The van der Waals surface area contributed by atoms with E-state index in [1.54, 1.807) is 7.11 Å². The Balaban J connectivity index is 2.28. The lowest BCUT2D eigenvalue weighted by atomic mass is 10.2.